The topological polar surface area (TPSA) is 77.6 Å². The van der Waals surface area contributed by atoms with Gasteiger partial charge in [-0.3, -0.25) is 4.99 Å². The van der Waals surface area contributed by atoms with Crippen LogP contribution in [0, 0.1) is 0 Å². The van der Waals surface area contributed by atoms with Gasteiger partial charge in [0.2, 0.25) is 0 Å². The van der Waals surface area contributed by atoms with Crippen molar-refractivity contribution >= 4 is 26.7 Å². The van der Waals surface area contributed by atoms with Crippen molar-refractivity contribution in [2.24, 2.45) is 4.99 Å². The van der Waals surface area contributed by atoms with Crippen LogP contribution in [0.15, 0.2) is 29.4 Å². The molecule has 0 bridgehead atoms. The third-order valence-corrected chi connectivity index (χ3v) is 8.03. The lowest BCUT2D eigenvalue weighted by Crippen LogP contribution is -2.57. The maximum atomic E-state index is 12.2. The number of hydrogen-bond acceptors (Lipinski definition) is 3. The predicted octanol–water partition coefficient (Wildman–Crippen LogP) is 2.36. The molecule has 3 rings (SSSR count). The molecule has 148 valence electrons. The molecule has 27 heavy (non-hydrogen) atoms. The quantitative estimate of drug-likeness (QED) is 0.621. The fraction of sp³-hybridized carbons (Fsp3) is 0.550. The van der Waals surface area contributed by atoms with Gasteiger partial charge in [-0.05, 0) is 37.8 Å². The third kappa shape index (κ3) is 3.83. The molecule has 1 fully saturated rings. The number of aromatic nitrogens is 1. The van der Waals surface area contributed by atoms with Crippen molar-refractivity contribution in [3.63, 3.8) is 0 Å². The van der Waals surface area contributed by atoms with E-state index >= 15 is 0 Å². The lowest BCUT2D eigenvalue weighted by molar-refractivity contribution is 0.353. The monoisotopic (exact) mass is 390 g/mol. The summed E-state index contributed by atoms with van der Waals surface area (Å²) in [6.07, 6.45) is 3.97. The summed E-state index contributed by atoms with van der Waals surface area (Å²) in [5, 5.41) is 4.68. The van der Waals surface area contributed by atoms with Gasteiger partial charge >= 0.3 is 0 Å². The number of nitrogens with zero attached hydrogens (tertiary/aromatic N) is 2. The summed E-state index contributed by atoms with van der Waals surface area (Å²) in [4.78, 5) is 9.82. The maximum Gasteiger partial charge on any atom is 0.193 e. The molecule has 0 radical (unpaired) electrons. The zero-order valence-electron chi connectivity index (χ0n) is 16.7. The normalized spacial score (nSPS) is 19.4. The van der Waals surface area contributed by atoms with Gasteiger partial charge in [0.15, 0.2) is 15.8 Å². The predicted molar refractivity (Wildman–Crippen MR) is 112 cm³/mol. The van der Waals surface area contributed by atoms with E-state index in [1.165, 1.54) is 22.0 Å². The van der Waals surface area contributed by atoms with Crippen LogP contribution < -0.4 is 5.32 Å². The standard InChI is InChI=1S/C20H30N4O2S/c1-5-15-7-6-8-17-16(13-23-18(15)17)9-10-22-19(21-4)24-11-12-27(25,26)20(2,3)14-24/h6-8,13,23H,5,9-12,14H2,1-4H3,(H,21,22). The molecule has 1 saturated heterocycles. The van der Waals surface area contributed by atoms with Gasteiger partial charge in [0, 0.05) is 43.8 Å². The molecule has 2 aromatic rings. The Morgan fingerprint density at radius 2 is 2.11 bits per heavy atom. The minimum absolute atomic E-state index is 0.170. The molecule has 1 aromatic heterocycles. The van der Waals surface area contributed by atoms with E-state index in [0.29, 0.717) is 13.1 Å². The van der Waals surface area contributed by atoms with Crippen LogP contribution in [0.5, 0.6) is 0 Å². The molecular weight excluding hydrogens is 360 g/mol. The number of fused-ring (bicyclic) bond motifs is 1. The Morgan fingerprint density at radius 1 is 1.33 bits per heavy atom. The van der Waals surface area contributed by atoms with E-state index < -0.39 is 14.6 Å². The van der Waals surface area contributed by atoms with Gasteiger partial charge in [-0.2, -0.15) is 0 Å². The van der Waals surface area contributed by atoms with Crippen molar-refractivity contribution in [1.29, 1.82) is 0 Å². The van der Waals surface area contributed by atoms with Crippen LogP contribution in [-0.2, 0) is 22.7 Å². The Bertz CT molecular complexity index is 944. The minimum Gasteiger partial charge on any atom is -0.361 e. The number of aryl methyl sites for hydroxylation is 1. The van der Waals surface area contributed by atoms with Crippen LogP contribution in [0.25, 0.3) is 10.9 Å². The van der Waals surface area contributed by atoms with Crippen molar-refractivity contribution in [3.05, 3.63) is 35.5 Å². The summed E-state index contributed by atoms with van der Waals surface area (Å²) in [6, 6.07) is 6.43. The summed E-state index contributed by atoms with van der Waals surface area (Å²) in [7, 11) is -1.30. The van der Waals surface area contributed by atoms with Crippen molar-refractivity contribution in [2.75, 3.05) is 32.4 Å². The lowest BCUT2D eigenvalue weighted by Gasteiger charge is -2.39. The van der Waals surface area contributed by atoms with Crippen LogP contribution in [0.3, 0.4) is 0 Å². The fourth-order valence-electron chi connectivity index (χ4n) is 3.74. The highest BCUT2D eigenvalue weighted by atomic mass is 32.2. The molecule has 0 unspecified atom stereocenters. The van der Waals surface area contributed by atoms with Gasteiger partial charge in [-0.25, -0.2) is 8.42 Å². The average molecular weight is 391 g/mol. The largest absolute Gasteiger partial charge is 0.361 e. The van der Waals surface area contributed by atoms with Crippen LogP contribution in [0.1, 0.15) is 31.9 Å². The van der Waals surface area contributed by atoms with Gasteiger partial charge in [0.1, 0.15) is 0 Å². The Hall–Kier alpha value is -2.02. The second-order valence-electron chi connectivity index (χ2n) is 7.73. The Morgan fingerprint density at radius 3 is 2.78 bits per heavy atom. The number of benzene rings is 1. The van der Waals surface area contributed by atoms with E-state index in [1.807, 2.05) is 4.90 Å². The number of aliphatic imine (C=N–C) groups is 1. The van der Waals surface area contributed by atoms with Gasteiger partial charge in [0.05, 0.1) is 10.5 Å². The second-order valence-corrected chi connectivity index (χ2v) is 10.5. The van der Waals surface area contributed by atoms with Gasteiger partial charge in [-0.1, -0.05) is 25.1 Å². The second kappa shape index (κ2) is 7.54. The first-order valence-electron chi connectivity index (χ1n) is 9.55. The summed E-state index contributed by atoms with van der Waals surface area (Å²) < 4.78 is 23.7. The Kier molecular flexibility index (Phi) is 5.51. The number of para-hydroxylation sites is 1. The van der Waals surface area contributed by atoms with Crippen LogP contribution >= 0.6 is 0 Å². The van der Waals surface area contributed by atoms with E-state index in [9.17, 15) is 8.42 Å². The zero-order valence-corrected chi connectivity index (χ0v) is 17.5. The summed E-state index contributed by atoms with van der Waals surface area (Å²) >= 11 is 0. The molecule has 0 saturated carbocycles. The van der Waals surface area contributed by atoms with Gasteiger partial charge in [-0.15, -0.1) is 0 Å². The van der Waals surface area contributed by atoms with Crippen LogP contribution in [0.2, 0.25) is 0 Å². The smallest absolute Gasteiger partial charge is 0.193 e. The highest BCUT2D eigenvalue weighted by Crippen LogP contribution is 2.24. The zero-order chi connectivity index (χ0) is 19.7. The maximum absolute atomic E-state index is 12.2. The highest BCUT2D eigenvalue weighted by molar-refractivity contribution is 7.92. The SMILES string of the molecule is CCc1cccc2c(CCNC(=NC)N3CCS(=O)(=O)C(C)(C)C3)c[nH]c12. The van der Waals surface area contributed by atoms with Crippen molar-refractivity contribution in [3.8, 4) is 0 Å². The number of guanidine groups is 1. The number of rotatable bonds is 4. The third-order valence-electron chi connectivity index (χ3n) is 5.50. The summed E-state index contributed by atoms with van der Waals surface area (Å²) in [5.41, 5.74) is 3.84. The lowest BCUT2D eigenvalue weighted by atomic mass is 10.1. The molecule has 7 heteroatoms. The molecule has 1 aliphatic heterocycles. The molecule has 0 atom stereocenters. The molecule has 0 amide bonds. The molecule has 0 spiro atoms. The van der Waals surface area contributed by atoms with E-state index in [2.05, 4.69) is 46.6 Å². The van der Waals surface area contributed by atoms with Crippen LogP contribution in [0.4, 0.5) is 0 Å². The Labute approximate surface area is 162 Å². The highest BCUT2D eigenvalue weighted by Gasteiger charge is 2.40. The molecular formula is C20H30N4O2S. The molecule has 0 aliphatic carbocycles. The molecule has 6 nitrogen and oxygen atoms in total. The van der Waals surface area contributed by atoms with Crippen molar-refractivity contribution in [1.82, 2.24) is 15.2 Å². The van der Waals surface area contributed by atoms with E-state index in [4.69, 9.17) is 0 Å². The minimum atomic E-state index is -3.05. The number of H-pyrrole nitrogens is 1. The fourth-order valence-corrected chi connectivity index (χ4v) is 5.11. The van der Waals surface area contributed by atoms with E-state index in [0.717, 1.165) is 25.3 Å². The number of nitrogens with one attached hydrogen (secondary N) is 2. The molecule has 1 aromatic carbocycles. The molecule has 2 N–H and O–H groups in total. The van der Waals surface area contributed by atoms with Crippen molar-refractivity contribution < 1.29 is 8.42 Å². The average Bonchev–Trinajstić information content (AvgIpc) is 3.04. The molecule has 2 heterocycles. The van der Waals surface area contributed by atoms with E-state index in [-0.39, 0.29) is 5.75 Å². The molecule has 1 aliphatic rings. The Balaban J connectivity index is 1.65. The summed E-state index contributed by atoms with van der Waals surface area (Å²) in [5.74, 6) is 0.940. The first-order chi connectivity index (χ1) is 12.8. The first kappa shape index (κ1) is 19.7. The number of sulfone groups is 1. The summed E-state index contributed by atoms with van der Waals surface area (Å²) in [6.45, 7) is 7.44. The van der Waals surface area contributed by atoms with Gasteiger partial charge in [0.25, 0.3) is 0 Å². The van der Waals surface area contributed by atoms with Crippen molar-refractivity contribution in [2.45, 2.75) is 38.4 Å². The van der Waals surface area contributed by atoms with E-state index in [1.54, 1.807) is 20.9 Å². The number of hydrogen-bond donors (Lipinski definition) is 2. The van der Waals surface area contributed by atoms with Gasteiger partial charge < -0.3 is 15.2 Å². The number of aromatic amines is 1. The first-order valence-corrected chi connectivity index (χ1v) is 11.2. The van der Waals surface area contributed by atoms with Crippen LogP contribution in [-0.4, -0.2) is 61.4 Å².